The first-order valence-corrected chi connectivity index (χ1v) is 12.8. The molecule has 1 N–H and O–H groups in total. The average molecular weight is 503 g/mol. The Morgan fingerprint density at radius 3 is 2.53 bits per heavy atom. The molecule has 0 bridgehead atoms. The van der Waals surface area contributed by atoms with Crippen molar-refractivity contribution in [2.24, 2.45) is 13.0 Å². The molecule has 0 fully saturated rings. The van der Waals surface area contributed by atoms with Crippen LogP contribution in [-0.2, 0) is 16.6 Å². The lowest BCUT2D eigenvalue weighted by Crippen LogP contribution is -2.16. The van der Waals surface area contributed by atoms with Gasteiger partial charge in [0.1, 0.15) is 10.8 Å². The summed E-state index contributed by atoms with van der Waals surface area (Å²) in [4.78, 5) is 25.9. The molecule has 182 valence electrons. The molecule has 0 radical (unpaired) electrons. The van der Waals surface area contributed by atoms with Crippen molar-refractivity contribution >= 4 is 40.0 Å². The summed E-state index contributed by atoms with van der Waals surface area (Å²) in [5.74, 6) is 1.45. The maximum Gasteiger partial charge on any atom is 0.341 e. The van der Waals surface area contributed by atoms with Crippen molar-refractivity contribution in [1.29, 1.82) is 0 Å². The quantitative estimate of drug-likeness (QED) is 0.304. The van der Waals surface area contributed by atoms with Crippen LogP contribution in [-0.4, -0.2) is 45.6 Å². The first-order chi connectivity index (χ1) is 16.2. The summed E-state index contributed by atoms with van der Waals surface area (Å²) < 4.78 is 12.7. The van der Waals surface area contributed by atoms with Crippen LogP contribution >= 0.6 is 23.1 Å². The van der Waals surface area contributed by atoms with E-state index in [1.807, 2.05) is 49.7 Å². The zero-order valence-electron chi connectivity index (χ0n) is 20.3. The van der Waals surface area contributed by atoms with Gasteiger partial charge in [0.2, 0.25) is 5.91 Å². The van der Waals surface area contributed by atoms with Crippen LogP contribution in [0.3, 0.4) is 0 Å². The second-order valence-electron chi connectivity index (χ2n) is 8.14. The Kier molecular flexibility index (Phi) is 8.73. The molecule has 0 atom stereocenters. The van der Waals surface area contributed by atoms with Gasteiger partial charge in [0.25, 0.3) is 0 Å². The number of anilines is 1. The Labute approximate surface area is 208 Å². The van der Waals surface area contributed by atoms with Gasteiger partial charge in [0.15, 0.2) is 11.0 Å². The van der Waals surface area contributed by atoms with E-state index in [2.05, 4.69) is 29.4 Å². The number of benzene rings is 1. The van der Waals surface area contributed by atoms with Crippen LogP contribution in [0.1, 0.15) is 41.6 Å². The number of hydrogen-bond donors (Lipinski definition) is 1. The van der Waals surface area contributed by atoms with Gasteiger partial charge in [-0.2, -0.15) is 0 Å². The van der Waals surface area contributed by atoms with Gasteiger partial charge in [-0.3, -0.25) is 4.79 Å². The molecular formula is C24H30N4O4S2. The van der Waals surface area contributed by atoms with Crippen LogP contribution in [0.4, 0.5) is 5.00 Å². The van der Waals surface area contributed by atoms with Crippen LogP contribution in [0.2, 0.25) is 0 Å². The summed E-state index contributed by atoms with van der Waals surface area (Å²) in [6.07, 6.45) is 0. The number of aryl methyl sites for hydroxylation is 1. The number of ether oxygens (including phenoxy) is 2. The number of rotatable bonds is 10. The Bertz CT molecular complexity index is 1150. The number of amides is 1. The van der Waals surface area contributed by atoms with Crippen molar-refractivity contribution in [2.45, 2.75) is 39.8 Å². The lowest BCUT2D eigenvalue weighted by atomic mass is 10.1. The Balaban J connectivity index is 1.64. The van der Waals surface area contributed by atoms with Crippen molar-refractivity contribution in [3.63, 3.8) is 0 Å². The van der Waals surface area contributed by atoms with E-state index in [4.69, 9.17) is 9.47 Å². The molecule has 3 rings (SSSR count). The Morgan fingerprint density at radius 2 is 1.88 bits per heavy atom. The van der Waals surface area contributed by atoms with Crippen LogP contribution < -0.4 is 10.1 Å². The number of carbonyl (C=O) groups excluding carboxylic acids is 2. The first kappa shape index (κ1) is 25.8. The number of aromatic nitrogens is 3. The molecule has 0 aliphatic carbocycles. The molecule has 2 aromatic heterocycles. The fourth-order valence-corrected chi connectivity index (χ4v) is 4.89. The lowest BCUT2D eigenvalue weighted by Gasteiger charge is -2.09. The number of carbonyl (C=O) groups is 2. The van der Waals surface area contributed by atoms with Crippen LogP contribution in [0.25, 0.3) is 11.4 Å². The topological polar surface area (TPSA) is 95.3 Å². The fraction of sp³-hybridized carbons (Fsp3) is 0.417. The Morgan fingerprint density at radius 1 is 1.18 bits per heavy atom. The molecule has 0 spiro atoms. The summed E-state index contributed by atoms with van der Waals surface area (Å²) in [6, 6.07) is 7.72. The van der Waals surface area contributed by atoms with Crippen LogP contribution in [0, 0.1) is 19.8 Å². The molecule has 10 heteroatoms. The first-order valence-electron chi connectivity index (χ1n) is 11.0. The van der Waals surface area contributed by atoms with Crippen molar-refractivity contribution in [3.8, 4) is 17.1 Å². The third-order valence-corrected chi connectivity index (χ3v) is 7.12. The summed E-state index contributed by atoms with van der Waals surface area (Å²) in [7, 11) is 1.86. The number of thioether (sulfide) groups is 1. The maximum atomic E-state index is 12.6. The SMILES string of the molecule is CCOC(=O)c1c(NC(=O)CSc2nnc(-c3ccc(OCC(C)C)cc3)n2C)sc(C)c1C. The zero-order chi connectivity index (χ0) is 24.8. The predicted octanol–water partition coefficient (Wildman–Crippen LogP) is 5.10. The summed E-state index contributed by atoms with van der Waals surface area (Å²) >= 11 is 2.65. The van der Waals surface area contributed by atoms with Crippen molar-refractivity contribution in [1.82, 2.24) is 14.8 Å². The Hall–Kier alpha value is -2.85. The minimum Gasteiger partial charge on any atom is -0.493 e. The largest absolute Gasteiger partial charge is 0.493 e. The van der Waals surface area contributed by atoms with E-state index in [0.717, 1.165) is 21.8 Å². The highest BCUT2D eigenvalue weighted by atomic mass is 32.2. The molecule has 3 aromatic rings. The van der Waals surface area contributed by atoms with Crippen LogP contribution in [0.5, 0.6) is 5.75 Å². The van der Waals surface area contributed by atoms with Crippen molar-refractivity contribution < 1.29 is 19.1 Å². The van der Waals surface area contributed by atoms with Gasteiger partial charge < -0.3 is 19.4 Å². The van der Waals surface area contributed by atoms with Gasteiger partial charge in [-0.05, 0) is 56.5 Å². The molecule has 1 amide bonds. The average Bonchev–Trinajstić information content (AvgIpc) is 3.29. The van der Waals surface area contributed by atoms with Gasteiger partial charge in [-0.25, -0.2) is 4.79 Å². The van der Waals surface area contributed by atoms with Gasteiger partial charge in [0, 0.05) is 17.5 Å². The minimum absolute atomic E-state index is 0.131. The van der Waals surface area contributed by atoms with E-state index < -0.39 is 5.97 Å². The van der Waals surface area contributed by atoms with Crippen molar-refractivity contribution in [2.75, 3.05) is 24.3 Å². The summed E-state index contributed by atoms with van der Waals surface area (Å²) in [5, 5.41) is 12.5. The van der Waals surface area contributed by atoms with E-state index in [1.165, 1.54) is 23.1 Å². The third kappa shape index (κ3) is 6.18. The van der Waals surface area contributed by atoms with E-state index in [0.29, 0.717) is 34.1 Å². The minimum atomic E-state index is -0.425. The molecule has 0 saturated heterocycles. The molecule has 8 nitrogen and oxygen atoms in total. The standard InChI is InChI=1S/C24H30N4O4S2/c1-7-31-23(30)20-15(4)16(5)34-22(20)25-19(29)13-33-24-27-26-21(28(24)6)17-8-10-18(11-9-17)32-12-14(2)3/h8-11,14H,7,12-13H2,1-6H3,(H,25,29). The fourth-order valence-electron chi connectivity index (χ4n) is 3.11. The normalized spacial score (nSPS) is 11.0. The molecule has 1 aromatic carbocycles. The second-order valence-corrected chi connectivity index (χ2v) is 10.3. The lowest BCUT2D eigenvalue weighted by molar-refractivity contribution is -0.113. The molecule has 0 aliphatic heterocycles. The molecular weight excluding hydrogens is 472 g/mol. The van der Waals surface area contributed by atoms with E-state index in [1.54, 1.807) is 6.92 Å². The number of nitrogens with zero attached hydrogens (tertiary/aromatic N) is 3. The monoisotopic (exact) mass is 502 g/mol. The van der Waals surface area contributed by atoms with Crippen molar-refractivity contribution in [3.05, 3.63) is 40.3 Å². The van der Waals surface area contributed by atoms with Gasteiger partial charge >= 0.3 is 5.97 Å². The highest BCUT2D eigenvalue weighted by Gasteiger charge is 2.22. The number of thiophene rings is 1. The molecule has 0 aliphatic rings. The van der Waals surface area contributed by atoms with E-state index >= 15 is 0 Å². The third-order valence-electron chi connectivity index (χ3n) is 4.98. The zero-order valence-corrected chi connectivity index (χ0v) is 21.9. The number of esters is 1. The van der Waals surface area contributed by atoms with Crippen LogP contribution in [0.15, 0.2) is 29.4 Å². The highest BCUT2D eigenvalue weighted by Crippen LogP contribution is 2.33. The van der Waals surface area contributed by atoms with Gasteiger partial charge in [0.05, 0.1) is 24.5 Å². The molecule has 2 heterocycles. The number of nitrogens with one attached hydrogen (secondary N) is 1. The summed E-state index contributed by atoms with van der Waals surface area (Å²) in [6.45, 7) is 10.7. The summed E-state index contributed by atoms with van der Waals surface area (Å²) in [5.41, 5.74) is 2.15. The van der Waals surface area contributed by atoms with Gasteiger partial charge in [-0.1, -0.05) is 25.6 Å². The molecule has 34 heavy (non-hydrogen) atoms. The van der Waals surface area contributed by atoms with Gasteiger partial charge in [-0.15, -0.1) is 21.5 Å². The predicted molar refractivity (Wildman–Crippen MR) is 136 cm³/mol. The number of hydrogen-bond acceptors (Lipinski definition) is 8. The highest BCUT2D eigenvalue weighted by molar-refractivity contribution is 7.99. The molecule has 0 saturated carbocycles. The van der Waals surface area contributed by atoms with E-state index in [-0.39, 0.29) is 18.3 Å². The smallest absolute Gasteiger partial charge is 0.341 e. The van der Waals surface area contributed by atoms with E-state index in [9.17, 15) is 9.59 Å². The maximum absolute atomic E-state index is 12.6. The molecule has 0 unspecified atom stereocenters. The second kappa shape index (κ2) is 11.5.